The first-order valence-electron chi connectivity index (χ1n) is 14.8. The molecule has 0 aliphatic carbocycles. The molecule has 10 heteroatoms. The molecule has 0 fully saturated rings. The van der Waals surface area contributed by atoms with Gasteiger partial charge in [0, 0.05) is 29.0 Å². The number of rotatable bonds is 7. The first kappa shape index (κ1) is 30.3. The molecule has 0 aliphatic rings. The predicted molar refractivity (Wildman–Crippen MR) is 179 cm³/mol. The summed E-state index contributed by atoms with van der Waals surface area (Å²) in [6, 6.07) is 23.8. The number of para-hydroxylation sites is 2. The maximum Gasteiger partial charge on any atom is 0.316 e. The van der Waals surface area contributed by atoms with Crippen LogP contribution >= 0.6 is 0 Å². The monoisotopic (exact) mass is 614 g/mol. The highest BCUT2D eigenvalue weighted by Crippen LogP contribution is 2.34. The van der Waals surface area contributed by atoms with Crippen LogP contribution in [0.4, 0.5) is 11.4 Å². The second kappa shape index (κ2) is 11.6. The smallest absolute Gasteiger partial charge is 0.316 e. The molecule has 0 atom stereocenters. The van der Waals surface area contributed by atoms with E-state index in [1.54, 1.807) is 30.6 Å². The second-order valence-corrected chi connectivity index (χ2v) is 12.5. The molecule has 1 amide bonds. The minimum Gasteiger partial charge on any atom is -0.494 e. The van der Waals surface area contributed by atoms with E-state index < -0.39 is 11.0 Å². The molecule has 0 spiro atoms. The minimum atomic E-state index is -0.867. The standard InChI is InChI=1S/C36H34N6O4/c1-35(2,3)46-34(45)36(4,5)22-12-14-23(15-13-22)38-30(21-9-8-18-37-20-21)29-25-17-16-24(19-28(25)42-32(29)43)39-33(44)31-40-26-10-6-7-11-27(26)41-31/h6-20,42-43H,1-5H3,(H,39,44)(H,40,41). The number of aromatic nitrogens is 4. The van der Waals surface area contributed by atoms with Gasteiger partial charge in [-0.1, -0.05) is 24.3 Å². The number of benzene rings is 3. The van der Waals surface area contributed by atoms with Crippen LogP contribution in [0.2, 0.25) is 0 Å². The Morgan fingerprint density at radius 1 is 0.891 bits per heavy atom. The van der Waals surface area contributed by atoms with Crippen LogP contribution in [0.15, 0.2) is 96.2 Å². The summed E-state index contributed by atoms with van der Waals surface area (Å²) in [6.45, 7) is 9.20. The summed E-state index contributed by atoms with van der Waals surface area (Å²) in [5.74, 6) is -0.588. The lowest BCUT2D eigenvalue weighted by Crippen LogP contribution is -2.36. The zero-order valence-corrected chi connectivity index (χ0v) is 26.2. The van der Waals surface area contributed by atoms with E-state index in [4.69, 9.17) is 9.73 Å². The third kappa shape index (κ3) is 6.10. The molecular weight excluding hydrogens is 580 g/mol. The molecule has 3 aromatic heterocycles. The van der Waals surface area contributed by atoms with Gasteiger partial charge in [-0.2, -0.15) is 0 Å². The van der Waals surface area contributed by atoms with Gasteiger partial charge in [0.2, 0.25) is 0 Å². The van der Waals surface area contributed by atoms with Crippen LogP contribution in [0.1, 0.15) is 61.9 Å². The average molecular weight is 615 g/mol. The van der Waals surface area contributed by atoms with E-state index in [2.05, 4.69) is 25.3 Å². The number of nitrogens with zero attached hydrogens (tertiary/aromatic N) is 3. The highest BCUT2D eigenvalue weighted by Gasteiger charge is 2.34. The number of hydrogen-bond donors (Lipinski definition) is 4. The molecular formula is C36H34N6O4. The number of aromatic amines is 2. The summed E-state index contributed by atoms with van der Waals surface area (Å²) < 4.78 is 5.64. The van der Waals surface area contributed by atoms with Gasteiger partial charge in [0.25, 0.3) is 5.91 Å². The van der Waals surface area contributed by atoms with Gasteiger partial charge in [-0.05, 0) is 94.8 Å². The van der Waals surface area contributed by atoms with Gasteiger partial charge in [0.05, 0.1) is 38.9 Å². The Morgan fingerprint density at radius 2 is 1.65 bits per heavy atom. The number of nitrogens with one attached hydrogen (secondary N) is 3. The molecule has 3 heterocycles. The van der Waals surface area contributed by atoms with E-state index in [0.717, 1.165) is 11.1 Å². The zero-order valence-electron chi connectivity index (χ0n) is 26.2. The Hall–Kier alpha value is -5.77. The van der Waals surface area contributed by atoms with Crippen molar-refractivity contribution in [1.82, 2.24) is 19.9 Å². The molecule has 0 unspecified atom stereocenters. The van der Waals surface area contributed by atoms with Gasteiger partial charge < -0.3 is 25.1 Å². The molecule has 4 N–H and O–H groups in total. The number of anilines is 1. The SMILES string of the molecule is CC(C)(C)OC(=O)C(C)(C)c1ccc(N=C(c2cccnc2)c2c(O)[nH]c3cc(NC(=O)c4nc5ccccc5[nH]4)ccc23)cc1. The number of esters is 1. The highest BCUT2D eigenvalue weighted by atomic mass is 16.6. The Kier molecular flexibility index (Phi) is 7.65. The van der Waals surface area contributed by atoms with Crippen LogP contribution < -0.4 is 5.32 Å². The molecule has 46 heavy (non-hydrogen) atoms. The number of imidazole rings is 1. The van der Waals surface area contributed by atoms with E-state index >= 15 is 0 Å². The summed E-state index contributed by atoms with van der Waals surface area (Å²) in [6.07, 6.45) is 3.35. The number of fused-ring (bicyclic) bond motifs is 2. The lowest BCUT2D eigenvalue weighted by molar-refractivity contribution is -0.160. The van der Waals surface area contributed by atoms with Crippen molar-refractivity contribution >= 4 is 50.9 Å². The number of H-pyrrole nitrogens is 2. The highest BCUT2D eigenvalue weighted by molar-refractivity contribution is 6.22. The molecule has 0 radical (unpaired) electrons. The third-order valence-electron chi connectivity index (χ3n) is 7.55. The quantitative estimate of drug-likeness (QED) is 0.111. The van der Waals surface area contributed by atoms with E-state index in [-0.39, 0.29) is 23.6 Å². The van der Waals surface area contributed by atoms with Crippen LogP contribution in [-0.4, -0.2) is 48.2 Å². The molecule has 6 aromatic rings. The molecule has 10 nitrogen and oxygen atoms in total. The van der Waals surface area contributed by atoms with Crippen molar-refractivity contribution in [3.05, 3.63) is 114 Å². The fraction of sp³-hybridized carbons (Fsp3) is 0.194. The van der Waals surface area contributed by atoms with Crippen LogP contribution in [0.5, 0.6) is 5.88 Å². The molecule has 0 saturated heterocycles. The van der Waals surface area contributed by atoms with Crippen LogP contribution in [0.3, 0.4) is 0 Å². The Morgan fingerprint density at radius 3 is 2.35 bits per heavy atom. The largest absolute Gasteiger partial charge is 0.494 e. The van der Waals surface area contributed by atoms with Gasteiger partial charge in [-0.3, -0.25) is 14.6 Å². The molecule has 0 bridgehead atoms. The summed E-state index contributed by atoms with van der Waals surface area (Å²) in [5.41, 5.74) is 4.20. The van der Waals surface area contributed by atoms with Crippen molar-refractivity contribution in [1.29, 1.82) is 0 Å². The van der Waals surface area contributed by atoms with Gasteiger partial charge in [-0.15, -0.1) is 0 Å². The number of hydrogen-bond acceptors (Lipinski definition) is 7. The molecule has 6 rings (SSSR count). The maximum absolute atomic E-state index is 13.0. The minimum absolute atomic E-state index is 0.0824. The van der Waals surface area contributed by atoms with Crippen molar-refractivity contribution in [2.75, 3.05) is 5.32 Å². The van der Waals surface area contributed by atoms with Gasteiger partial charge in [0.1, 0.15) is 5.60 Å². The fourth-order valence-electron chi connectivity index (χ4n) is 5.12. The first-order chi connectivity index (χ1) is 21.9. The topological polar surface area (TPSA) is 145 Å². The van der Waals surface area contributed by atoms with Crippen molar-refractivity contribution in [3.8, 4) is 5.88 Å². The summed E-state index contributed by atoms with van der Waals surface area (Å²) >= 11 is 0. The van der Waals surface area contributed by atoms with Gasteiger partial charge in [-0.25, -0.2) is 9.98 Å². The van der Waals surface area contributed by atoms with Crippen LogP contribution in [0.25, 0.3) is 21.9 Å². The molecule has 232 valence electrons. The predicted octanol–water partition coefficient (Wildman–Crippen LogP) is 7.19. The number of carbonyl (C=O) groups excluding carboxylic acids is 2. The number of pyridine rings is 1. The molecule has 3 aromatic carbocycles. The van der Waals surface area contributed by atoms with E-state index in [0.29, 0.717) is 44.6 Å². The Balaban J connectivity index is 1.33. The third-order valence-corrected chi connectivity index (χ3v) is 7.55. The zero-order chi connectivity index (χ0) is 32.6. The van der Waals surface area contributed by atoms with Crippen molar-refractivity contribution in [2.24, 2.45) is 4.99 Å². The number of aromatic hydroxyl groups is 1. The summed E-state index contributed by atoms with van der Waals surface area (Å²) in [7, 11) is 0. The van der Waals surface area contributed by atoms with E-state index in [1.165, 1.54) is 0 Å². The second-order valence-electron chi connectivity index (χ2n) is 12.5. The van der Waals surface area contributed by atoms with Crippen molar-refractivity contribution < 1.29 is 19.4 Å². The number of aliphatic imine (C=N–C) groups is 1. The van der Waals surface area contributed by atoms with Gasteiger partial charge in [0.15, 0.2) is 11.7 Å². The Bertz CT molecular complexity index is 2070. The van der Waals surface area contributed by atoms with Crippen LogP contribution in [0, 0.1) is 0 Å². The van der Waals surface area contributed by atoms with E-state index in [1.807, 2.05) is 95.3 Å². The normalized spacial score (nSPS) is 12.4. The fourth-order valence-corrected chi connectivity index (χ4v) is 5.12. The lowest BCUT2D eigenvalue weighted by atomic mass is 9.84. The first-order valence-corrected chi connectivity index (χ1v) is 14.8. The summed E-state index contributed by atoms with van der Waals surface area (Å²) in [5, 5.41) is 14.7. The molecule has 0 saturated carbocycles. The maximum atomic E-state index is 13.0. The van der Waals surface area contributed by atoms with E-state index in [9.17, 15) is 14.7 Å². The summed E-state index contributed by atoms with van der Waals surface area (Å²) in [4.78, 5) is 45.5. The Labute approximate surface area is 265 Å². The lowest BCUT2D eigenvalue weighted by Gasteiger charge is -2.28. The van der Waals surface area contributed by atoms with Gasteiger partial charge >= 0.3 is 5.97 Å². The van der Waals surface area contributed by atoms with Crippen molar-refractivity contribution in [3.63, 3.8) is 0 Å². The average Bonchev–Trinajstić information content (AvgIpc) is 3.60. The number of amides is 1. The van der Waals surface area contributed by atoms with Crippen molar-refractivity contribution in [2.45, 2.75) is 45.6 Å². The number of carbonyl (C=O) groups is 2. The van der Waals surface area contributed by atoms with Crippen LogP contribution in [-0.2, 0) is 14.9 Å². The number of ether oxygens (including phenoxy) is 1. The molecule has 0 aliphatic heterocycles.